The van der Waals surface area contributed by atoms with Gasteiger partial charge in [0.15, 0.2) is 0 Å². The van der Waals surface area contributed by atoms with Crippen molar-refractivity contribution in [1.82, 2.24) is 5.32 Å². The van der Waals surface area contributed by atoms with Crippen molar-refractivity contribution in [3.63, 3.8) is 0 Å². The van der Waals surface area contributed by atoms with Crippen molar-refractivity contribution in [1.29, 1.82) is 0 Å². The number of carbonyl (C=O) groups excluding carboxylic acids is 1. The second-order valence-electron chi connectivity index (χ2n) is 3.12. The molecule has 0 saturated carbocycles. The van der Waals surface area contributed by atoms with Gasteiger partial charge in [0.25, 0.3) is 0 Å². The number of nitrogens with zero attached hydrogens (tertiary/aromatic N) is 1. The van der Waals surface area contributed by atoms with Gasteiger partial charge in [0.05, 0.1) is 12.3 Å². The first kappa shape index (κ1) is 14.2. The first-order valence-electron chi connectivity index (χ1n) is 4.78. The topological polar surface area (TPSA) is 70.9 Å². The van der Waals surface area contributed by atoms with Crippen LogP contribution in [0.4, 0.5) is 0 Å². The van der Waals surface area contributed by atoms with Crippen LogP contribution in [0.2, 0.25) is 0 Å². The lowest BCUT2D eigenvalue weighted by atomic mass is 10.2. The van der Waals surface area contributed by atoms with E-state index in [1.807, 2.05) is 0 Å². The Hall–Kier alpha value is -0.750. The number of nitrogens with one attached hydrogen (secondary N) is 1. The molecule has 0 spiro atoms. The van der Waals surface area contributed by atoms with Crippen LogP contribution in [-0.2, 0) is 9.53 Å². The summed E-state index contributed by atoms with van der Waals surface area (Å²) in [7, 11) is 0. The van der Waals surface area contributed by atoms with Crippen LogP contribution < -0.4 is 5.32 Å². The lowest BCUT2D eigenvalue weighted by Gasteiger charge is -2.19. The lowest BCUT2D eigenvalue weighted by Crippen LogP contribution is -2.47. The van der Waals surface area contributed by atoms with E-state index in [4.69, 9.17) is 9.94 Å². The minimum Gasteiger partial charge on any atom is -0.465 e. The third-order valence-corrected chi connectivity index (χ3v) is 2.35. The molecule has 88 valence electrons. The van der Waals surface area contributed by atoms with Gasteiger partial charge in [-0.15, -0.1) is 0 Å². The SMILES string of the molecule is CCOC(=O)[C@@H](CS)NC(C)/C(C)=N\O. The third kappa shape index (κ3) is 5.03. The molecule has 6 heteroatoms. The van der Waals surface area contributed by atoms with E-state index in [9.17, 15) is 4.79 Å². The maximum absolute atomic E-state index is 11.4. The van der Waals surface area contributed by atoms with Crippen LogP contribution in [-0.4, -0.2) is 41.3 Å². The van der Waals surface area contributed by atoms with E-state index < -0.39 is 6.04 Å². The van der Waals surface area contributed by atoms with Gasteiger partial charge in [-0.25, -0.2) is 0 Å². The highest BCUT2D eigenvalue weighted by molar-refractivity contribution is 7.80. The Kier molecular flexibility index (Phi) is 7.15. The Balaban J connectivity index is 4.26. The zero-order valence-corrected chi connectivity index (χ0v) is 10.1. The van der Waals surface area contributed by atoms with Gasteiger partial charge in [0.1, 0.15) is 6.04 Å². The smallest absolute Gasteiger partial charge is 0.323 e. The summed E-state index contributed by atoms with van der Waals surface area (Å²) in [6, 6.07) is -0.684. The second-order valence-corrected chi connectivity index (χ2v) is 3.48. The van der Waals surface area contributed by atoms with E-state index in [2.05, 4.69) is 23.1 Å². The number of carbonyl (C=O) groups is 1. The largest absolute Gasteiger partial charge is 0.465 e. The maximum Gasteiger partial charge on any atom is 0.323 e. The van der Waals surface area contributed by atoms with E-state index in [-0.39, 0.29) is 12.0 Å². The number of rotatable bonds is 6. The predicted molar refractivity (Wildman–Crippen MR) is 61.8 cm³/mol. The van der Waals surface area contributed by atoms with E-state index in [0.29, 0.717) is 18.1 Å². The van der Waals surface area contributed by atoms with Crippen LogP contribution >= 0.6 is 12.6 Å². The molecule has 0 aliphatic rings. The average Bonchev–Trinajstić information content (AvgIpc) is 2.24. The monoisotopic (exact) mass is 234 g/mol. The fourth-order valence-corrected chi connectivity index (χ4v) is 1.20. The molecular weight excluding hydrogens is 216 g/mol. The zero-order chi connectivity index (χ0) is 11.8. The van der Waals surface area contributed by atoms with Crippen LogP contribution in [0.1, 0.15) is 20.8 Å². The van der Waals surface area contributed by atoms with Gasteiger partial charge in [-0.1, -0.05) is 5.16 Å². The van der Waals surface area contributed by atoms with E-state index in [0.717, 1.165) is 0 Å². The Labute approximate surface area is 95.3 Å². The molecule has 0 aromatic heterocycles. The molecule has 0 saturated heterocycles. The molecule has 0 aliphatic heterocycles. The summed E-state index contributed by atoms with van der Waals surface area (Å²) in [5, 5.41) is 14.6. The summed E-state index contributed by atoms with van der Waals surface area (Å²) < 4.78 is 4.86. The summed E-state index contributed by atoms with van der Waals surface area (Å²) in [6.45, 7) is 5.55. The minimum absolute atomic E-state index is 0.198. The molecule has 0 aromatic rings. The second kappa shape index (κ2) is 7.53. The molecule has 0 radical (unpaired) electrons. The highest BCUT2D eigenvalue weighted by Gasteiger charge is 2.21. The average molecular weight is 234 g/mol. The van der Waals surface area contributed by atoms with Crippen molar-refractivity contribution in [3.8, 4) is 0 Å². The molecule has 0 rings (SSSR count). The third-order valence-electron chi connectivity index (χ3n) is 1.99. The number of hydrogen-bond acceptors (Lipinski definition) is 6. The Morgan fingerprint density at radius 1 is 1.67 bits per heavy atom. The lowest BCUT2D eigenvalue weighted by molar-refractivity contribution is -0.145. The molecule has 0 fully saturated rings. The van der Waals surface area contributed by atoms with Gasteiger partial charge in [-0.3, -0.25) is 10.1 Å². The van der Waals surface area contributed by atoms with Gasteiger partial charge in [0, 0.05) is 11.8 Å². The quantitative estimate of drug-likeness (QED) is 0.208. The normalized spacial score (nSPS) is 15.9. The molecule has 2 atom stereocenters. The van der Waals surface area contributed by atoms with Crippen molar-refractivity contribution in [3.05, 3.63) is 0 Å². The van der Waals surface area contributed by atoms with Gasteiger partial charge < -0.3 is 9.94 Å². The Morgan fingerprint density at radius 2 is 2.27 bits per heavy atom. The van der Waals surface area contributed by atoms with Gasteiger partial charge >= 0.3 is 5.97 Å². The van der Waals surface area contributed by atoms with Crippen LogP contribution in [0.3, 0.4) is 0 Å². The zero-order valence-electron chi connectivity index (χ0n) is 9.23. The van der Waals surface area contributed by atoms with Crippen molar-refractivity contribution in [2.45, 2.75) is 32.9 Å². The fourth-order valence-electron chi connectivity index (χ4n) is 0.947. The fraction of sp³-hybridized carbons (Fsp3) is 0.778. The summed E-state index contributed by atoms with van der Waals surface area (Å²) in [5.74, 6) is -0.00731. The number of hydrogen-bond donors (Lipinski definition) is 3. The van der Waals surface area contributed by atoms with Gasteiger partial charge in [-0.2, -0.15) is 12.6 Å². The number of esters is 1. The van der Waals surface area contributed by atoms with Crippen LogP contribution in [0.5, 0.6) is 0 Å². The Morgan fingerprint density at radius 3 is 2.67 bits per heavy atom. The summed E-state index contributed by atoms with van der Waals surface area (Å²) in [4.78, 5) is 11.4. The molecule has 0 amide bonds. The van der Waals surface area contributed by atoms with E-state index in [1.165, 1.54) is 0 Å². The molecule has 0 heterocycles. The molecule has 0 aliphatic carbocycles. The van der Waals surface area contributed by atoms with Crippen LogP contribution in [0.25, 0.3) is 0 Å². The van der Waals surface area contributed by atoms with Crippen molar-refractivity contribution in [2.24, 2.45) is 5.16 Å². The molecule has 15 heavy (non-hydrogen) atoms. The van der Waals surface area contributed by atoms with E-state index in [1.54, 1.807) is 20.8 Å². The van der Waals surface area contributed by atoms with Gasteiger partial charge in [-0.05, 0) is 20.8 Å². The van der Waals surface area contributed by atoms with E-state index >= 15 is 0 Å². The molecule has 1 unspecified atom stereocenters. The first-order valence-corrected chi connectivity index (χ1v) is 5.42. The summed E-state index contributed by atoms with van der Waals surface area (Å²) in [6.07, 6.45) is 0. The highest BCUT2D eigenvalue weighted by atomic mass is 32.1. The minimum atomic E-state index is -0.486. The standard InChI is InChI=1S/C9H18N2O3S/c1-4-14-9(12)8(5-15)10-6(2)7(3)11-13/h6,8,10,13,15H,4-5H2,1-3H3/b11-7-/t6?,8-/m1/s1. The summed E-state index contributed by atoms with van der Waals surface area (Å²) in [5.41, 5.74) is 0.506. The molecule has 2 N–H and O–H groups in total. The van der Waals surface area contributed by atoms with Crippen molar-refractivity contribution < 1.29 is 14.7 Å². The van der Waals surface area contributed by atoms with Crippen LogP contribution in [0, 0.1) is 0 Å². The van der Waals surface area contributed by atoms with Crippen LogP contribution in [0.15, 0.2) is 5.16 Å². The number of thiol groups is 1. The molecule has 0 aromatic carbocycles. The van der Waals surface area contributed by atoms with Crippen molar-refractivity contribution >= 4 is 24.3 Å². The maximum atomic E-state index is 11.4. The highest BCUT2D eigenvalue weighted by Crippen LogP contribution is 1.97. The van der Waals surface area contributed by atoms with Gasteiger partial charge in [0.2, 0.25) is 0 Å². The number of oxime groups is 1. The first-order chi connectivity index (χ1) is 7.06. The molecule has 0 bridgehead atoms. The number of ether oxygens (including phenoxy) is 1. The van der Waals surface area contributed by atoms with Crippen molar-refractivity contribution in [2.75, 3.05) is 12.4 Å². The predicted octanol–water partition coefficient (Wildman–Crippen LogP) is 0.676. The molecular formula is C9H18N2O3S. The Bertz CT molecular complexity index is 233. The summed E-state index contributed by atoms with van der Waals surface area (Å²) >= 11 is 4.05. The molecule has 5 nitrogen and oxygen atoms in total.